The van der Waals surface area contributed by atoms with Gasteiger partial charge in [0.05, 0.1) is 33.7 Å². The molecule has 0 radical (unpaired) electrons. The van der Waals surface area contributed by atoms with Gasteiger partial charge in [0.1, 0.15) is 0 Å². The molecule has 0 saturated carbocycles. The summed E-state index contributed by atoms with van der Waals surface area (Å²) < 4.78 is 4.79. The number of rotatable bonds is 2. The van der Waals surface area contributed by atoms with Gasteiger partial charge in [-0.1, -0.05) is 91.0 Å². The highest BCUT2D eigenvalue weighted by atomic mass is 15.0. The van der Waals surface area contributed by atoms with Gasteiger partial charge in [-0.05, 0) is 64.7 Å². The quantitative estimate of drug-likeness (QED) is 0.204. The Balaban J connectivity index is 1.46. The molecule has 2 heterocycles. The predicted octanol–water partition coefficient (Wildman–Crippen LogP) is 10.1. The maximum atomic E-state index is 9.99. The second-order valence-corrected chi connectivity index (χ2v) is 10.9. The maximum absolute atomic E-state index is 9.99. The Morgan fingerprint density at radius 1 is 0.429 bits per heavy atom. The third-order valence-electron chi connectivity index (χ3n) is 8.71. The lowest BCUT2D eigenvalue weighted by atomic mass is 9.97. The zero-order chi connectivity index (χ0) is 27.8. The molecular formula is C39H23N3. The van der Waals surface area contributed by atoms with Gasteiger partial charge < -0.3 is 9.13 Å². The van der Waals surface area contributed by atoms with Crippen LogP contribution in [0.1, 0.15) is 5.56 Å². The summed E-state index contributed by atoms with van der Waals surface area (Å²) in [7, 11) is 0. The van der Waals surface area contributed by atoms with Crippen LogP contribution in [0.5, 0.6) is 0 Å². The minimum atomic E-state index is 0.700. The Hall–Kier alpha value is -5.85. The smallest absolute Gasteiger partial charge is 0.0998 e. The van der Waals surface area contributed by atoms with Crippen molar-refractivity contribution in [1.82, 2.24) is 9.13 Å². The number of hydrogen-bond acceptors (Lipinski definition) is 1. The number of fused-ring (bicyclic) bond motifs is 10. The number of benzene rings is 7. The Kier molecular flexibility index (Phi) is 4.68. The molecule has 3 heteroatoms. The van der Waals surface area contributed by atoms with Gasteiger partial charge in [-0.25, -0.2) is 0 Å². The summed E-state index contributed by atoms with van der Waals surface area (Å²) >= 11 is 0. The highest BCUT2D eigenvalue weighted by Crippen LogP contribution is 2.42. The van der Waals surface area contributed by atoms with E-state index < -0.39 is 0 Å². The van der Waals surface area contributed by atoms with Gasteiger partial charge in [-0.15, -0.1) is 0 Å². The van der Waals surface area contributed by atoms with E-state index >= 15 is 0 Å². The molecule has 7 aromatic carbocycles. The fraction of sp³-hybridized carbons (Fsp3) is 0. The topological polar surface area (TPSA) is 33.6 Å². The van der Waals surface area contributed by atoms with Crippen molar-refractivity contribution in [1.29, 1.82) is 5.26 Å². The highest BCUT2D eigenvalue weighted by Gasteiger charge is 2.20. The standard InChI is InChI=1S/C39H23N3/c40-24-26-22-25-23-28(18-19-30(25)31-13-5-4-12-29(26)31)42-35-16-8-6-14-32(35)33-20-21-37-38(39(33)42)34-15-7-9-17-36(34)41(37)27-10-2-1-3-11-27/h1-23H. The lowest BCUT2D eigenvalue weighted by Crippen LogP contribution is -1.96. The van der Waals surface area contributed by atoms with Crippen LogP contribution in [0, 0.1) is 11.3 Å². The fourth-order valence-corrected chi connectivity index (χ4v) is 6.96. The van der Waals surface area contributed by atoms with Crippen LogP contribution in [-0.2, 0) is 0 Å². The SMILES string of the molecule is N#Cc1cc2cc(-n3c4ccccc4c4ccc5c(c6ccccc6n5-c5ccccc5)c43)ccc2c2ccccc12. The number of aromatic nitrogens is 2. The predicted molar refractivity (Wildman–Crippen MR) is 175 cm³/mol. The molecular weight excluding hydrogens is 510 g/mol. The van der Waals surface area contributed by atoms with Crippen LogP contribution in [0.25, 0.3) is 76.5 Å². The van der Waals surface area contributed by atoms with Crippen LogP contribution in [-0.4, -0.2) is 9.13 Å². The van der Waals surface area contributed by atoms with Crippen LogP contribution in [0.15, 0.2) is 140 Å². The van der Waals surface area contributed by atoms with Crippen LogP contribution < -0.4 is 0 Å². The third-order valence-corrected chi connectivity index (χ3v) is 8.71. The molecule has 42 heavy (non-hydrogen) atoms. The van der Waals surface area contributed by atoms with Crippen molar-refractivity contribution in [3.63, 3.8) is 0 Å². The van der Waals surface area contributed by atoms with Crippen LogP contribution >= 0.6 is 0 Å². The Morgan fingerprint density at radius 3 is 1.86 bits per heavy atom. The van der Waals surface area contributed by atoms with E-state index in [0.29, 0.717) is 5.56 Å². The number of para-hydroxylation sites is 3. The summed E-state index contributed by atoms with van der Waals surface area (Å²) in [4.78, 5) is 0. The second kappa shape index (κ2) is 8.57. The summed E-state index contributed by atoms with van der Waals surface area (Å²) in [5.41, 5.74) is 7.65. The lowest BCUT2D eigenvalue weighted by Gasteiger charge is -2.12. The van der Waals surface area contributed by atoms with E-state index in [1.54, 1.807) is 0 Å². The van der Waals surface area contributed by atoms with E-state index in [0.717, 1.165) is 38.4 Å². The molecule has 194 valence electrons. The molecule has 3 nitrogen and oxygen atoms in total. The normalized spacial score (nSPS) is 11.8. The Morgan fingerprint density at radius 2 is 1.07 bits per heavy atom. The number of hydrogen-bond donors (Lipinski definition) is 0. The second-order valence-electron chi connectivity index (χ2n) is 10.9. The zero-order valence-corrected chi connectivity index (χ0v) is 22.6. The van der Waals surface area contributed by atoms with Gasteiger partial charge in [0.2, 0.25) is 0 Å². The first-order valence-electron chi connectivity index (χ1n) is 14.2. The number of nitrogens with zero attached hydrogens (tertiary/aromatic N) is 3. The van der Waals surface area contributed by atoms with E-state index in [2.05, 4.69) is 130 Å². The summed E-state index contributed by atoms with van der Waals surface area (Å²) in [6.07, 6.45) is 0. The van der Waals surface area contributed by atoms with E-state index in [1.165, 1.54) is 38.1 Å². The third kappa shape index (κ3) is 3.04. The minimum absolute atomic E-state index is 0.700. The van der Waals surface area contributed by atoms with Gasteiger partial charge in [0, 0.05) is 38.3 Å². The molecule has 0 aliphatic rings. The van der Waals surface area contributed by atoms with Gasteiger partial charge in [-0.3, -0.25) is 0 Å². The van der Waals surface area contributed by atoms with Gasteiger partial charge in [0.25, 0.3) is 0 Å². The molecule has 0 amide bonds. The summed E-state index contributed by atoms with van der Waals surface area (Å²) in [5, 5.41) is 19.2. The van der Waals surface area contributed by atoms with Crippen molar-refractivity contribution >= 4 is 65.2 Å². The van der Waals surface area contributed by atoms with E-state index in [9.17, 15) is 5.26 Å². The average Bonchev–Trinajstić information content (AvgIpc) is 3.57. The van der Waals surface area contributed by atoms with Gasteiger partial charge in [-0.2, -0.15) is 5.26 Å². The van der Waals surface area contributed by atoms with Crippen molar-refractivity contribution in [2.45, 2.75) is 0 Å². The molecule has 0 aliphatic heterocycles. The summed E-state index contributed by atoms with van der Waals surface area (Å²) in [5.74, 6) is 0. The monoisotopic (exact) mass is 533 g/mol. The zero-order valence-electron chi connectivity index (χ0n) is 22.6. The lowest BCUT2D eigenvalue weighted by molar-refractivity contribution is 1.18. The van der Waals surface area contributed by atoms with Crippen LogP contribution in [0.3, 0.4) is 0 Å². The molecule has 2 aromatic heterocycles. The summed E-state index contributed by atoms with van der Waals surface area (Å²) in [6, 6.07) is 51.8. The van der Waals surface area contributed by atoms with Crippen molar-refractivity contribution in [2.75, 3.05) is 0 Å². The van der Waals surface area contributed by atoms with Crippen molar-refractivity contribution < 1.29 is 0 Å². The van der Waals surface area contributed by atoms with E-state index in [4.69, 9.17) is 0 Å². The fourth-order valence-electron chi connectivity index (χ4n) is 6.96. The van der Waals surface area contributed by atoms with Crippen molar-refractivity contribution in [3.05, 3.63) is 145 Å². The molecule has 0 saturated heterocycles. The minimum Gasteiger partial charge on any atom is -0.309 e. The van der Waals surface area contributed by atoms with Crippen molar-refractivity contribution in [2.24, 2.45) is 0 Å². The average molecular weight is 534 g/mol. The first-order valence-corrected chi connectivity index (χ1v) is 14.2. The molecule has 0 atom stereocenters. The maximum Gasteiger partial charge on any atom is 0.0998 e. The molecule has 0 N–H and O–H groups in total. The van der Waals surface area contributed by atoms with E-state index in [-0.39, 0.29) is 0 Å². The van der Waals surface area contributed by atoms with Crippen LogP contribution in [0.2, 0.25) is 0 Å². The molecule has 9 aromatic rings. The molecule has 0 bridgehead atoms. The van der Waals surface area contributed by atoms with E-state index in [1.807, 2.05) is 24.3 Å². The molecule has 0 unspecified atom stereocenters. The summed E-state index contributed by atoms with van der Waals surface area (Å²) in [6.45, 7) is 0. The number of nitriles is 1. The molecule has 0 aliphatic carbocycles. The van der Waals surface area contributed by atoms with Crippen LogP contribution in [0.4, 0.5) is 0 Å². The van der Waals surface area contributed by atoms with Gasteiger partial charge in [0.15, 0.2) is 0 Å². The Labute approximate surface area is 241 Å². The molecule has 9 rings (SSSR count). The first-order chi connectivity index (χ1) is 20.8. The largest absolute Gasteiger partial charge is 0.309 e. The van der Waals surface area contributed by atoms with Gasteiger partial charge >= 0.3 is 0 Å². The first kappa shape index (κ1) is 22.9. The Bertz CT molecular complexity index is 2580. The highest BCUT2D eigenvalue weighted by molar-refractivity contribution is 6.26. The molecule has 0 spiro atoms. The van der Waals surface area contributed by atoms with Crippen molar-refractivity contribution in [3.8, 4) is 17.4 Å². The molecule has 0 fully saturated rings.